The van der Waals surface area contributed by atoms with E-state index >= 15 is 4.39 Å². The molecule has 1 fully saturated rings. The third-order valence-electron chi connectivity index (χ3n) is 5.42. The standard InChI is InChI=1S/C22H26F3NO3S/c1-15(2)30(27,28)26-21-5-3-4-10-22(21,25)17-6-8-20(9-7-17)29-14-16-11-18(23)13-19(24)12-16/h6-9,11-13,15,21,26H,3-5,10,14H2,1-2H3/t21-,22-/m1/s1. The molecule has 164 valence electrons. The minimum atomic E-state index is -3.61. The molecule has 0 aromatic heterocycles. The highest BCUT2D eigenvalue weighted by Gasteiger charge is 2.44. The molecular formula is C22H26F3NO3S. The van der Waals surface area contributed by atoms with Crippen molar-refractivity contribution >= 4 is 10.0 Å². The average molecular weight is 442 g/mol. The summed E-state index contributed by atoms with van der Waals surface area (Å²) >= 11 is 0. The van der Waals surface area contributed by atoms with Gasteiger partial charge < -0.3 is 4.74 Å². The van der Waals surface area contributed by atoms with Crippen LogP contribution in [0.15, 0.2) is 42.5 Å². The SMILES string of the molecule is CC(C)S(=O)(=O)N[C@@H]1CCCC[C@@]1(F)c1ccc(OCc2cc(F)cc(F)c2)cc1. The highest BCUT2D eigenvalue weighted by atomic mass is 32.2. The maximum atomic E-state index is 16.0. The van der Waals surface area contributed by atoms with Gasteiger partial charge in [0.2, 0.25) is 10.0 Å². The first-order chi connectivity index (χ1) is 14.1. The molecule has 0 aliphatic heterocycles. The van der Waals surface area contributed by atoms with Gasteiger partial charge in [-0.25, -0.2) is 26.3 Å². The summed E-state index contributed by atoms with van der Waals surface area (Å²) in [6.45, 7) is 3.08. The lowest BCUT2D eigenvalue weighted by Crippen LogP contribution is -2.51. The number of halogens is 3. The highest BCUT2D eigenvalue weighted by Crippen LogP contribution is 2.42. The van der Waals surface area contributed by atoms with Crippen molar-refractivity contribution in [1.82, 2.24) is 4.72 Å². The molecule has 2 aromatic carbocycles. The van der Waals surface area contributed by atoms with Crippen molar-refractivity contribution in [2.75, 3.05) is 0 Å². The molecule has 2 aromatic rings. The van der Waals surface area contributed by atoms with Gasteiger partial charge in [-0.2, -0.15) is 0 Å². The van der Waals surface area contributed by atoms with Crippen molar-refractivity contribution < 1.29 is 26.3 Å². The minimum Gasteiger partial charge on any atom is -0.489 e. The largest absolute Gasteiger partial charge is 0.489 e. The smallest absolute Gasteiger partial charge is 0.214 e. The quantitative estimate of drug-likeness (QED) is 0.659. The lowest BCUT2D eigenvalue weighted by Gasteiger charge is -2.38. The van der Waals surface area contributed by atoms with E-state index in [0.29, 0.717) is 29.7 Å². The topological polar surface area (TPSA) is 55.4 Å². The number of alkyl halides is 1. The number of hydrogen-bond donors (Lipinski definition) is 1. The lowest BCUT2D eigenvalue weighted by molar-refractivity contribution is 0.0711. The summed E-state index contributed by atoms with van der Waals surface area (Å²) in [5.74, 6) is -0.951. The van der Waals surface area contributed by atoms with Crippen LogP contribution in [-0.4, -0.2) is 19.7 Å². The Hall–Kier alpha value is -2.06. The Morgan fingerprint density at radius 3 is 2.33 bits per heavy atom. The van der Waals surface area contributed by atoms with Crippen LogP contribution >= 0.6 is 0 Å². The van der Waals surface area contributed by atoms with Crippen LogP contribution in [-0.2, 0) is 22.3 Å². The van der Waals surface area contributed by atoms with E-state index in [2.05, 4.69) is 4.72 Å². The fourth-order valence-corrected chi connectivity index (χ4v) is 4.63. The summed E-state index contributed by atoms with van der Waals surface area (Å²) in [5.41, 5.74) is -1.10. The Labute approximate surface area is 175 Å². The second-order valence-electron chi connectivity index (χ2n) is 7.96. The Kier molecular flexibility index (Phi) is 6.77. The molecule has 0 saturated heterocycles. The molecular weight excluding hydrogens is 415 g/mol. The fourth-order valence-electron chi connectivity index (χ4n) is 3.66. The third-order valence-corrected chi connectivity index (χ3v) is 7.28. The van der Waals surface area contributed by atoms with Crippen LogP contribution in [0.3, 0.4) is 0 Å². The normalized spacial score (nSPS) is 22.3. The zero-order chi connectivity index (χ0) is 21.9. The zero-order valence-electron chi connectivity index (χ0n) is 17.0. The van der Waals surface area contributed by atoms with Gasteiger partial charge in [-0.05, 0) is 68.5 Å². The van der Waals surface area contributed by atoms with Crippen LogP contribution in [0.2, 0.25) is 0 Å². The van der Waals surface area contributed by atoms with E-state index in [1.807, 2.05) is 0 Å². The van der Waals surface area contributed by atoms with Crippen LogP contribution in [0.25, 0.3) is 0 Å². The van der Waals surface area contributed by atoms with Crippen LogP contribution in [0.4, 0.5) is 13.2 Å². The summed E-state index contributed by atoms with van der Waals surface area (Å²) in [6, 6.07) is 8.62. The summed E-state index contributed by atoms with van der Waals surface area (Å²) in [7, 11) is -3.61. The predicted molar refractivity (Wildman–Crippen MR) is 109 cm³/mol. The van der Waals surface area contributed by atoms with E-state index < -0.39 is 38.6 Å². The number of benzene rings is 2. The van der Waals surface area contributed by atoms with E-state index in [9.17, 15) is 17.2 Å². The highest BCUT2D eigenvalue weighted by molar-refractivity contribution is 7.90. The second kappa shape index (κ2) is 8.98. The Morgan fingerprint density at radius 1 is 1.10 bits per heavy atom. The van der Waals surface area contributed by atoms with Crippen LogP contribution in [0.1, 0.15) is 50.7 Å². The molecule has 8 heteroatoms. The van der Waals surface area contributed by atoms with Crippen molar-refractivity contribution in [3.63, 3.8) is 0 Å². The van der Waals surface area contributed by atoms with Crippen molar-refractivity contribution in [3.8, 4) is 5.75 Å². The van der Waals surface area contributed by atoms with E-state index in [1.54, 1.807) is 38.1 Å². The van der Waals surface area contributed by atoms with Gasteiger partial charge in [0.1, 0.15) is 24.0 Å². The number of nitrogens with one attached hydrogen (secondary N) is 1. The average Bonchev–Trinajstić information content (AvgIpc) is 2.68. The summed E-state index contributed by atoms with van der Waals surface area (Å²) in [5, 5.41) is -0.646. The third kappa shape index (κ3) is 5.16. The van der Waals surface area contributed by atoms with E-state index in [1.165, 1.54) is 12.1 Å². The second-order valence-corrected chi connectivity index (χ2v) is 10.2. The zero-order valence-corrected chi connectivity index (χ0v) is 17.8. The number of hydrogen-bond acceptors (Lipinski definition) is 3. The van der Waals surface area contributed by atoms with Crippen molar-refractivity contribution in [3.05, 3.63) is 65.2 Å². The van der Waals surface area contributed by atoms with Crippen LogP contribution in [0, 0.1) is 11.6 Å². The molecule has 1 aliphatic carbocycles. The molecule has 30 heavy (non-hydrogen) atoms. The lowest BCUT2D eigenvalue weighted by atomic mass is 9.77. The van der Waals surface area contributed by atoms with E-state index in [-0.39, 0.29) is 13.0 Å². The molecule has 0 bridgehead atoms. The number of sulfonamides is 1. The molecule has 1 aliphatic rings. The van der Waals surface area contributed by atoms with Crippen molar-refractivity contribution in [2.45, 2.75) is 63.1 Å². The van der Waals surface area contributed by atoms with Gasteiger partial charge >= 0.3 is 0 Å². The van der Waals surface area contributed by atoms with Gasteiger partial charge in [-0.3, -0.25) is 0 Å². The Balaban J connectivity index is 1.74. The molecule has 0 unspecified atom stereocenters. The van der Waals surface area contributed by atoms with Gasteiger partial charge in [0.05, 0.1) is 11.3 Å². The molecule has 3 rings (SSSR count). The minimum absolute atomic E-state index is 0.0361. The van der Waals surface area contributed by atoms with Crippen molar-refractivity contribution in [2.24, 2.45) is 0 Å². The van der Waals surface area contributed by atoms with Gasteiger partial charge in [-0.15, -0.1) is 0 Å². The molecule has 1 saturated carbocycles. The monoisotopic (exact) mass is 441 g/mol. The maximum absolute atomic E-state index is 16.0. The predicted octanol–water partition coefficient (Wildman–Crippen LogP) is 4.98. The Bertz CT molecular complexity index is 959. The summed E-state index contributed by atoms with van der Waals surface area (Å²) < 4.78 is 75.2. The molecule has 0 radical (unpaired) electrons. The maximum Gasteiger partial charge on any atom is 0.214 e. The summed E-state index contributed by atoms with van der Waals surface area (Å²) in [4.78, 5) is 0. The molecule has 0 heterocycles. The number of ether oxygens (including phenoxy) is 1. The molecule has 4 nitrogen and oxygen atoms in total. The molecule has 0 amide bonds. The summed E-state index contributed by atoms with van der Waals surface area (Å²) in [6.07, 6.45) is 2.06. The van der Waals surface area contributed by atoms with E-state index in [4.69, 9.17) is 4.74 Å². The first kappa shape index (κ1) is 22.6. The molecule has 0 spiro atoms. The molecule has 2 atom stereocenters. The first-order valence-electron chi connectivity index (χ1n) is 9.98. The van der Waals surface area contributed by atoms with Crippen LogP contribution < -0.4 is 9.46 Å². The van der Waals surface area contributed by atoms with Gasteiger partial charge in [-0.1, -0.05) is 18.6 Å². The first-order valence-corrected chi connectivity index (χ1v) is 11.5. The fraction of sp³-hybridized carbons (Fsp3) is 0.455. The Morgan fingerprint density at radius 2 is 1.73 bits per heavy atom. The molecule has 1 N–H and O–H groups in total. The van der Waals surface area contributed by atoms with Gasteiger partial charge in [0.15, 0.2) is 5.67 Å². The number of rotatable bonds is 7. The van der Waals surface area contributed by atoms with E-state index in [0.717, 1.165) is 12.5 Å². The van der Waals surface area contributed by atoms with Crippen LogP contribution in [0.5, 0.6) is 5.75 Å². The van der Waals surface area contributed by atoms with Gasteiger partial charge in [0, 0.05) is 6.07 Å². The van der Waals surface area contributed by atoms with Gasteiger partial charge in [0.25, 0.3) is 0 Å². The van der Waals surface area contributed by atoms with Crippen molar-refractivity contribution in [1.29, 1.82) is 0 Å².